The van der Waals surface area contributed by atoms with Gasteiger partial charge in [0.15, 0.2) is 0 Å². The lowest BCUT2D eigenvalue weighted by Crippen LogP contribution is -2.28. The molecule has 1 fully saturated rings. The highest BCUT2D eigenvalue weighted by Crippen LogP contribution is 2.34. The molecule has 0 aliphatic carbocycles. The van der Waals surface area contributed by atoms with Gasteiger partial charge in [-0.05, 0) is 50.4 Å². The summed E-state index contributed by atoms with van der Waals surface area (Å²) in [6.07, 6.45) is 5.82. The fourth-order valence-corrected chi connectivity index (χ4v) is 3.85. The molecule has 2 nitrogen and oxygen atoms in total. The highest BCUT2D eigenvalue weighted by atomic mass is 32.2. The summed E-state index contributed by atoms with van der Waals surface area (Å²) in [6.45, 7) is 1.20. The molecule has 1 aliphatic heterocycles. The Balaban J connectivity index is 1.83. The molecular weight excluding hydrogens is 302 g/mol. The lowest BCUT2D eigenvalue weighted by Gasteiger charge is -2.27. The van der Waals surface area contributed by atoms with E-state index >= 15 is 0 Å². The summed E-state index contributed by atoms with van der Waals surface area (Å²) < 4.78 is 6.49. The van der Waals surface area contributed by atoms with Crippen LogP contribution in [0.25, 0.3) is 0 Å². The molecule has 0 N–H and O–H groups in total. The molecule has 1 saturated heterocycles. The van der Waals surface area contributed by atoms with Crippen LogP contribution in [-0.4, -0.2) is 30.8 Å². The standard InChI is InChI=1S/C20H25NOS/c1-21-14-8-11-17(21)15-19(16-9-4-3-5-10-16)22-18-12-6-7-13-20(18)23-2/h3-7,9-10,12-13,17,19H,8,11,14-15H2,1-2H3. The average molecular weight is 327 g/mol. The molecule has 0 aromatic heterocycles. The summed E-state index contributed by atoms with van der Waals surface area (Å²) in [5, 5.41) is 0. The fraction of sp³-hybridized carbons (Fsp3) is 0.400. The van der Waals surface area contributed by atoms with Crippen molar-refractivity contribution in [2.75, 3.05) is 19.8 Å². The van der Waals surface area contributed by atoms with Crippen molar-refractivity contribution in [3.63, 3.8) is 0 Å². The van der Waals surface area contributed by atoms with Crippen molar-refractivity contribution in [1.29, 1.82) is 0 Å². The second kappa shape index (κ2) is 7.89. The molecule has 2 aromatic rings. The van der Waals surface area contributed by atoms with Crippen LogP contribution < -0.4 is 4.74 Å². The number of hydrogen-bond acceptors (Lipinski definition) is 3. The summed E-state index contributed by atoms with van der Waals surface area (Å²) in [6, 6.07) is 19.6. The van der Waals surface area contributed by atoms with E-state index < -0.39 is 0 Å². The summed E-state index contributed by atoms with van der Waals surface area (Å²) in [4.78, 5) is 3.67. The van der Waals surface area contributed by atoms with Gasteiger partial charge in [-0.1, -0.05) is 42.5 Å². The van der Waals surface area contributed by atoms with Crippen LogP contribution in [0.1, 0.15) is 30.9 Å². The van der Waals surface area contributed by atoms with E-state index in [0.29, 0.717) is 6.04 Å². The third-order valence-corrected chi connectivity index (χ3v) is 5.44. The second-order valence-corrected chi connectivity index (χ2v) is 7.03. The van der Waals surface area contributed by atoms with E-state index in [1.165, 1.54) is 29.8 Å². The SMILES string of the molecule is CSc1ccccc1OC(CC1CCCN1C)c1ccccc1. The summed E-state index contributed by atoms with van der Waals surface area (Å²) in [5.74, 6) is 0.995. The number of para-hydroxylation sites is 1. The Bertz CT molecular complexity index is 616. The zero-order chi connectivity index (χ0) is 16.1. The van der Waals surface area contributed by atoms with Gasteiger partial charge in [0.1, 0.15) is 11.9 Å². The zero-order valence-electron chi connectivity index (χ0n) is 13.9. The average Bonchev–Trinajstić information content (AvgIpc) is 3.00. The number of ether oxygens (including phenoxy) is 1. The van der Waals surface area contributed by atoms with Crippen molar-refractivity contribution in [1.82, 2.24) is 4.90 Å². The molecule has 1 heterocycles. The Morgan fingerprint density at radius 2 is 1.87 bits per heavy atom. The molecule has 122 valence electrons. The molecule has 2 aromatic carbocycles. The summed E-state index contributed by atoms with van der Waals surface area (Å²) in [7, 11) is 2.23. The summed E-state index contributed by atoms with van der Waals surface area (Å²) in [5.41, 5.74) is 1.27. The predicted molar refractivity (Wildman–Crippen MR) is 98.3 cm³/mol. The van der Waals surface area contributed by atoms with E-state index in [2.05, 4.69) is 72.8 Å². The van der Waals surface area contributed by atoms with Crippen molar-refractivity contribution in [2.45, 2.75) is 36.3 Å². The largest absolute Gasteiger partial charge is 0.485 e. The molecular formula is C20H25NOS. The van der Waals surface area contributed by atoms with Crippen LogP contribution in [0.15, 0.2) is 59.5 Å². The van der Waals surface area contributed by atoms with E-state index in [-0.39, 0.29) is 6.10 Å². The molecule has 0 amide bonds. The molecule has 2 atom stereocenters. The fourth-order valence-electron chi connectivity index (χ4n) is 3.31. The lowest BCUT2D eigenvalue weighted by atomic mass is 10.0. The van der Waals surface area contributed by atoms with E-state index in [4.69, 9.17) is 4.74 Å². The first kappa shape index (κ1) is 16.4. The normalized spacial score (nSPS) is 19.7. The maximum absolute atomic E-state index is 6.49. The molecule has 0 saturated carbocycles. The Morgan fingerprint density at radius 3 is 2.57 bits per heavy atom. The van der Waals surface area contributed by atoms with E-state index in [1.54, 1.807) is 11.8 Å². The number of hydrogen-bond donors (Lipinski definition) is 0. The maximum atomic E-state index is 6.49. The quantitative estimate of drug-likeness (QED) is 0.692. The van der Waals surface area contributed by atoms with Crippen LogP contribution in [0.3, 0.4) is 0 Å². The molecule has 23 heavy (non-hydrogen) atoms. The zero-order valence-corrected chi connectivity index (χ0v) is 14.8. The second-order valence-electron chi connectivity index (χ2n) is 6.18. The van der Waals surface area contributed by atoms with Gasteiger partial charge in [-0.2, -0.15) is 0 Å². The van der Waals surface area contributed by atoms with Gasteiger partial charge in [0, 0.05) is 17.4 Å². The van der Waals surface area contributed by atoms with Crippen molar-refractivity contribution >= 4 is 11.8 Å². The first-order chi connectivity index (χ1) is 11.3. The van der Waals surface area contributed by atoms with Gasteiger partial charge in [0.2, 0.25) is 0 Å². The van der Waals surface area contributed by atoms with Gasteiger partial charge < -0.3 is 9.64 Å². The number of nitrogens with zero attached hydrogens (tertiary/aromatic N) is 1. The Kier molecular flexibility index (Phi) is 5.63. The first-order valence-corrected chi connectivity index (χ1v) is 9.55. The smallest absolute Gasteiger partial charge is 0.133 e. The molecule has 0 radical (unpaired) electrons. The molecule has 0 bridgehead atoms. The third kappa shape index (κ3) is 4.10. The number of thioether (sulfide) groups is 1. The molecule has 0 spiro atoms. The third-order valence-electron chi connectivity index (χ3n) is 4.67. The van der Waals surface area contributed by atoms with E-state index in [1.807, 2.05) is 0 Å². The van der Waals surface area contributed by atoms with Crippen molar-refractivity contribution in [3.8, 4) is 5.75 Å². The maximum Gasteiger partial charge on any atom is 0.133 e. The highest BCUT2D eigenvalue weighted by molar-refractivity contribution is 7.98. The Morgan fingerprint density at radius 1 is 1.13 bits per heavy atom. The number of benzene rings is 2. The lowest BCUT2D eigenvalue weighted by molar-refractivity contribution is 0.148. The number of likely N-dealkylation sites (tertiary alicyclic amines) is 1. The highest BCUT2D eigenvalue weighted by Gasteiger charge is 2.26. The van der Waals surface area contributed by atoms with Crippen molar-refractivity contribution < 1.29 is 4.74 Å². The molecule has 2 unspecified atom stereocenters. The van der Waals surface area contributed by atoms with Crippen LogP contribution in [0.4, 0.5) is 0 Å². The van der Waals surface area contributed by atoms with Gasteiger partial charge in [-0.15, -0.1) is 11.8 Å². The van der Waals surface area contributed by atoms with E-state index in [0.717, 1.165) is 12.2 Å². The minimum absolute atomic E-state index is 0.107. The van der Waals surface area contributed by atoms with Crippen molar-refractivity contribution in [3.05, 3.63) is 60.2 Å². The van der Waals surface area contributed by atoms with Crippen LogP contribution in [0, 0.1) is 0 Å². The van der Waals surface area contributed by atoms with Gasteiger partial charge in [-0.25, -0.2) is 0 Å². The van der Waals surface area contributed by atoms with Gasteiger partial charge >= 0.3 is 0 Å². The molecule has 3 heteroatoms. The van der Waals surface area contributed by atoms with Crippen LogP contribution in [0.2, 0.25) is 0 Å². The Labute approximate surface area is 143 Å². The van der Waals surface area contributed by atoms with Crippen molar-refractivity contribution in [2.24, 2.45) is 0 Å². The summed E-state index contributed by atoms with van der Waals surface area (Å²) >= 11 is 1.74. The van der Waals surface area contributed by atoms with Crippen LogP contribution in [0.5, 0.6) is 5.75 Å². The minimum Gasteiger partial charge on any atom is -0.485 e. The topological polar surface area (TPSA) is 12.5 Å². The van der Waals surface area contributed by atoms with Gasteiger partial charge in [0.25, 0.3) is 0 Å². The van der Waals surface area contributed by atoms with Crippen LogP contribution in [-0.2, 0) is 0 Å². The minimum atomic E-state index is 0.107. The molecule has 1 aliphatic rings. The van der Waals surface area contributed by atoms with Crippen LogP contribution >= 0.6 is 11.8 Å². The van der Waals surface area contributed by atoms with E-state index in [9.17, 15) is 0 Å². The Hall–Kier alpha value is -1.45. The predicted octanol–water partition coefficient (Wildman–Crippen LogP) is 5.01. The first-order valence-electron chi connectivity index (χ1n) is 8.33. The number of rotatable bonds is 6. The van der Waals surface area contributed by atoms with Gasteiger partial charge in [0.05, 0.1) is 0 Å². The monoisotopic (exact) mass is 327 g/mol. The van der Waals surface area contributed by atoms with Gasteiger partial charge in [-0.3, -0.25) is 0 Å². The molecule has 3 rings (SSSR count).